The van der Waals surface area contributed by atoms with Crippen molar-refractivity contribution in [2.75, 3.05) is 39.7 Å². The highest BCUT2D eigenvalue weighted by molar-refractivity contribution is 6.39. The van der Waals surface area contributed by atoms with Gasteiger partial charge in [-0.15, -0.1) is 0 Å². The van der Waals surface area contributed by atoms with Crippen LogP contribution in [0.4, 0.5) is 11.4 Å². The fraction of sp³-hybridized carbons (Fsp3) is 0.440. The molecule has 0 bridgehead atoms. The Hall–Kier alpha value is -2.48. The molecule has 1 N–H and O–H groups in total. The lowest BCUT2D eigenvalue weighted by Crippen LogP contribution is -2.12. The van der Waals surface area contributed by atoms with Gasteiger partial charge in [-0.3, -0.25) is 4.98 Å². The van der Waals surface area contributed by atoms with Crippen molar-refractivity contribution in [1.29, 1.82) is 0 Å². The molecular formula is C25H31Cl2N3O4. The maximum atomic E-state index is 12.4. The van der Waals surface area contributed by atoms with Crippen LogP contribution in [0.2, 0.25) is 10.0 Å². The number of hydrogen-bond acceptors (Lipinski definition) is 7. The molecular weight excluding hydrogens is 477 g/mol. The van der Waals surface area contributed by atoms with Crippen LogP contribution in [0.5, 0.6) is 11.5 Å². The van der Waals surface area contributed by atoms with Gasteiger partial charge < -0.3 is 24.1 Å². The number of ether oxygens (including phenoxy) is 2. The number of nitrogens with one attached hydrogen (secondary N) is 1. The minimum Gasteiger partial charge on any atom is -0.493 e. The van der Waals surface area contributed by atoms with Gasteiger partial charge in [-0.25, -0.2) is 4.79 Å². The number of aromatic nitrogens is 1. The van der Waals surface area contributed by atoms with Crippen molar-refractivity contribution in [3.8, 4) is 11.5 Å². The molecule has 0 spiro atoms. The zero-order chi connectivity index (χ0) is 24.5. The predicted octanol–water partition coefficient (Wildman–Crippen LogP) is 6.53. The lowest BCUT2D eigenvalue weighted by atomic mass is 10.1. The highest BCUT2D eigenvalue weighted by atomic mass is 35.5. The Morgan fingerprint density at radius 1 is 1.03 bits per heavy atom. The first-order valence-corrected chi connectivity index (χ1v) is 12.1. The van der Waals surface area contributed by atoms with E-state index in [4.69, 9.17) is 37.1 Å². The van der Waals surface area contributed by atoms with Gasteiger partial charge in [0.1, 0.15) is 0 Å². The summed E-state index contributed by atoms with van der Waals surface area (Å²) in [5.41, 5.74) is 0.715. The molecule has 0 fully saturated rings. The van der Waals surface area contributed by atoms with Gasteiger partial charge in [0.2, 0.25) is 5.75 Å². The molecule has 3 aromatic rings. The van der Waals surface area contributed by atoms with Crippen LogP contribution in [-0.2, 0) is 0 Å². The Morgan fingerprint density at radius 2 is 1.71 bits per heavy atom. The minimum absolute atomic E-state index is 0.305. The standard InChI is InChI=1S/C25H31Cl2N3O4/c1-30(2)12-8-6-4-5-7-9-13-33-25-21(32-3)11-10-17-20(14-22(31)34-24(17)25)29-23-18(26)15-28-16-19(23)27/h10-11,14-16H,4-9,12-13H2,1-3H3,(H,28,29). The molecule has 1 aromatic carbocycles. The monoisotopic (exact) mass is 507 g/mol. The number of benzene rings is 1. The Labute approximate surface area is 210 Å². The zero-order valence-corrected chi connectivity index (χ0v) is 21.3. The Morgan fingerprint density at radius 3 is 2.38 bits per heavy atom. The summed E-state index contributed by atoms with van der Waals surface area (Å²) in [5, 5.41) is 4.44. The number of anilines is 2. The fourth-order valence-electron chi connectivity index (χ4n) is 3.66. The smallest absolute Gasteiger partial charge is 0.338 e. The maximum Gasteiger partial charge on any atom is 0.338 e. The van der Waals surface area contributed by atoms with E-state index in [0.717, 1.165) is 19.4 Å². The second-order valence-corrected chi connectivity index (χ2v) is 9.14. The van der Waals surface area contributed by atoms with Crippen LogP contribution >= 0.6 is 23.2 Å². The van der Waals surface area contributed by atoms with Crippen LogP contribution in [0.1, 0.15) is 38.5 Å². The van der Waals surface area contributed by atoms with Crippen molar-refractivity contribution in [3.63, 3.8) is 0 Å². The van der Waals surface area contributed by atoms with Gasteiger partial charge >= 0.3 is 5.63 Å². The largest absolute Gasteiger partial charge is 0.493 e. The van der Waals surface area contributed by atoms with Crippen LogP contribution in [0.15, 0.2) is 39.8 Å². The first-order chi connectivity index (χ1) is 16.4. The highest BCUT2D eigenvalue weighted by Crippen LogP contribution is 2.40. The van der Waals surface area contributed by atoms with E-state index in [1.165, 1.54) is 44.1 Å². The van der Waals surface area contributed by atoms with Crippen molar-refractivity contribution < 1.29 is 13.9 Å². The van der Waals surface area contributed by atoms with Crippen molar-refractivity contribution >= 4 is 45.5 Å². The second-order valence-electron chi connectivity index (χ2n) is 8.33. The average molecular weight is 508 g/mol. The van der Waals surface area contributed by atoms with Crippen LogP contribution in [0.25, 0.3) is 11.0 Å². The number of fused-ring (bicyclic) bond motifs is 1. The summed E-state index contributed by atoms with van der Waals surface area (Å²) in [5.74, 6) is 0.898. The van der Waals surface area contributed by atoms with E-state index in [2.05, 4.69) is 29.3 Å². The Kier molecular flexibility index (Phi) is 9.86. The minimum atomic E-state index is -0.535. The van der Waals surface area contributed by atoms with Crippen molar-refractivity contribution in [1.82, 2.24) is 9.88 Å². The highest BCUT2D eigenvalue weighted by Gasteiger charge is 2.17. The Bertz CT molecular complexity index is 1130. The van der Waals surface area contributed by atoms with Gasteiger partial charge in [0.15, 0.2) is 11.3 Å². The molecule has 0 saturated heterocycles. The topological polar surface area (TPSA) is 76.8 Å². The summed E-state index contributed by atoms with van der Waals surface area (Å²) >= 11 is 12.5. The van der Waals surface area contributed by atoms with Gasteiger partial charge in [-0.1, -0.05) is 48.9 Å². The number of nitrogens with zero attached hydrogens (tertiary/aromatic N) is 2. The molecule has 3 rings (SSSR count). The van der Waals surface area contributed by atoms with E-state index in [9.17, 15) is 4.79 Å². The number of halogens is 2. The third kappa shape index (κ3) is 7.01. The van der Waals surface area contributed by atoms with Gasteiger partial charge in [0.25, 0.3) is 0 Å². The third-order valence-corrected chi connectivity index (χ3v) is 5.98. The molecule has 2 heterocycles. The van der Waals surface area contributed by atoms with Crippen LogP contribution in [0, 0.1) is 0 Å². The first kappa shape index (κ1) is 26.1. The number of methoxy groups -OCH3 is 1. The van der Waals surface area contributed by atoms with Gasteiger partial charge in [0, 0.05) is 23.8 Å². The molecule has 0 aliphatic heterocycles. The van der Waals surface area contributed by atoms with Crippen LogP contribution < -0.4 is 20.4 Å². The molecule has 34 heavy (non-hydrogen) atoms. The van der Waals surface area contributed by atoms with Gasteiger partial charge in [-0.05, 0) is 45.6 Å². The molecule has 0 unspecified atom stereocenters. The van der Waals surface area contributed by atoms with E-state index in [-0.39, 0.29) is 0 Å². The van der Waals surface area contributed by atoms with E-state index < -0.39 is 5.63 Å². The Balaban J connectivity index is 1.72. The van der Waals surface area contributed by atoms with Crippen molar-refractivity contribution in [2.45, 2.75) is 38.5 Å². The van der Waals surface area contributed by atoms with Crippen molar-refractivity contribution in [2.24, 2.45) is 0 Å². The van der Waals surface area contributed by atoms with Gasteiger partial charge in [0.05, 0.1) is 35.1 Å². The molecule has 9 heteroatoms. The number of unbranched alkanes of at least 4 members (excludes halogenated alkanes) is 5. The average Bonchev–Trinajstić information content (AvgIpc) is 2.80. The molecule has 0 amide bonds. The summed E-state index contributed by atoms with van der Waals surface area (Å²) in [6, 6.07) is 4.92. The van der Waals surface area contributed by atoms with E-state index in [0.29, 0.717) is 50.5 Å². The summed E-state index contributed by atoms with van der Waals surface area (Å²) < 4.78 is 17.1. The molecule has 184 valence electrons. The van der Waals surface area contributed by atoms with E-state index in [1.54, 1.807) is 19.2 Å². The summed E-state index contributed by atoms with van der Waals surface area (Å²) in [7, 11) is 5.76. The maximum absolute atomic E-state index is 12.4. The first-order valence-electron chi connectivity index (χ1n) is 11.4. The normalized spacial score (nSPS) is 11.2. The summed E-state index contributed by atoms with van der Waals surface area (Å²) in [6.07, 6.45) is 9.77. The zero-order valence-electron chi connectivity index (χ0n) is 19.8. The molecule has 0 radical (unpaired) electrons. The predicted molar refractivity (Wildman–Crippen MR) is 138 cm³/mol. The number of hydrogen-bond donors (Lipinski definition) is 1. The molecule has 0 saturated carbocycles. The van der Waals surface area contributed by atoms with Crippen LogP contribution in [-0.4, -0.2) is 44.2 Å². The summed E-state index contributed by atoms with van der Waals surface area (Å²) in [4.78, 5) is 18.5. The van der Waals surface area contributed by atoms with E-state index in [1.807, 2.05) is 0 Å². The lowest BCUT2D eigenvalue weighted by molar-refractivity contribution is 0.283. The molecule has 7 nitrogen and oxygen atoms in total. The molecule has 0 aliphatic rings. The van der Waals surface area contributed by atoms with E-state index >= 15 is 0 Å². The number of rotatable bonds is 13. The lowest BCUT2D eigenvalue weighted by Gasteiger charge is -2.15. The molecule has 0 atom stereocenters. The molecule has 0 aliphatic carbocycles. The third-order valence-electron chi connectivity index (χ3n) is 5.41. The van der Waals surface area contributed by atoms with Crippen LogP contribution in [0.3, 0.4) is 0 Å². The SMILES string of the molecule is COc1ccc2c(Nc3c(Cl)cncc3Cl)cc(=O)oc2c1OCCCCCCCCN(C)C. The van der Waals surface area contributed by atoms with Gasteiger partial charge in [-0.2, -0.15) is 0 Å². The summed E-state index contributed by atoms with van der Waals surface area (Å²) in [6.45, 7) is 1.63. The quantitative estimate of drug-likeness (QED) is 0.208. The fourth-order valence-corrected chi connectivity index (χ4v) is 4.12. The van der Waals surface area contributed by atoms with Crippen molar-refractivity contribution in [3.05, 3.63) is 51.1 Å². The number of pyridine rings is 1. The second kappa shape index (κ2) is 12.8. The molecule has 2 aromatic heterocycles.